The van der Waals surface area contributed by atoms with Crippen LogP contribution in [0.15, 0.2) is 18.2 Å². The molecule has 3 N–H and O–H groups in total. The Morgan fingerprint density at radius 3 is 2.56 bits per heavy atom. The topological polar surface area (TPSA) is 55.1 Å². The quantitative estimate of drug-likeness (QED) is 0.867. The number of anilines is 1. The number of amides is 1. The van der Waals surface area contributed by atoms with Gasteiger partial charge in [0.05, 0.1) is 22.8 Å². The molecule has 0 atom stereocenters. The third kappa shape index (κ3) is 3.03. The second-order valence-electron chi connectivity index (χ2n) is 2.98. The number of alkyl halides is 3. The van der Waals surface area contributed by atoms with Crippen molar-refractivity contribution in [2.24, 2.45) is 5.73 Å². The van der Waals surface area contributed by atoms with Gasteiger partial charge in [0.25, 0.3) is 0 Å². The van der Waals surface area contributed by atoms with Gasteiger partial charge >= 0.3 is 6.18 Å². The summed E-state index contributed by atoms with van der Waals surface area (Å²) in [6, 6.07) is 3.34. The molecule has 16 heavy (non-hydrogen) atoms. The fourth-order valence-corrected chi connectivity index (χ4v) is 1.36. The highest BCUT2D eigenvalue weighted by molar-refractivity contribution is 6.33. The molecule has 0 saturated carbocycles. The first-order valence-corrected chi connectivity index (χ1v) is 4.58. The lowest BCUT2D eigenvalue weighted by Gasteiger charge is -2.14. The van der Waals surface area contributed by atoms with Crippen molar-refractivity contribution in [3.05, 3.63) is 28.8 Å². The highest BCUT2D eigenvalue weighted by Gasteiger charge is 2.34. The van der Waals surface area contributed by atoms with Crippen molar-refractivity contribution in [2.75, 3.05) is 11.9 Å². The van der Waals surface area contributed by atoms with Gasteiger partial charge in [-0.15, -0.1) is 0 Å². The van der Waals surface area contributed by atoms with Crippen molar-refractivity contribution in [3.8, 4) is 0 Å². The Morgan fingerprint density at radius 2 is 2.06 bits per heavy atom. The van der Waals surface area contributed by atoms with Gasteiger partial charge < -0.3 is 11.1 Å². The van der Waals surface area contributed by atoms with Gasteiger partial charge in [0.2, 0.25) is 5.91 Å². The van der Waals surface area contributed by atoms with Crippen LogP contribution < -0.4 is 11.1 Å². The zero-order valence-corrected chi connectivity index (χ0v) is 8.69. The van der Waals surface area contributed by atoms with E-state index in [4.69, 9.17) is 17.3 Å². The smallest absolute Gasteiger partial charge is 0.374 e. The number of para-hydroxylation sites is 1. The van der Waals surface area contributed by atoms with Crippen LogP contribution in [0, 0.1) is 0 Å². The van der Waals surface area contributed by atoms with E-state index < -0.39 is 24.2 Å². The second-order valence-corrected chi connectivity index (χ2v) is 3.39. The minimum Gasteiger partial charge on any atom is -0.374 e. The van der Waals surface area contributed by atoms with Crippen LogP contribution >= 0.6 is 11.6 Å². The molecule has 0 fully saturated rings. The molecule has 1 aromatic carbocycles. The molecule has 0 radical (unpaired) electrons. The molecule has 0 aromatic heterocycles. The number of rotatable bonds is 3. The summed E-state index contributed by atoms with van der Waals surface area (Å²) in [6.45, 7) is -0.410. The molecule has 0 unspecified atom stereocenters. The van der Waals surface area contributed by atoms with Crippen molar-refractivity contribution < 1.29 is 18.0 Å². The SMILES string of the molecule is NC(=O)CNc1c(Cl)cccc1C(F)(F)F. The average Bonchev–Trinajstić information content (AvgIpc) is 2.13. The number of halogens is 4. The van der Waals surface area contributed by atoms with Gasteiger partial charge in [-0.1, -0.05) is 17.7 Å². The number of nitrogens with two attached hydrogens (primary N) is 1. The van der Waals surface area contributed by atoms with Gasteiger partial charge in [0, 0.05) is 0 Å². The van der Waals surface area contributed by atoms with E-state index in [0.29, 0.717) is 0 Å². The Balaban J connectivity index is 3.09. The Kier molecular flexibility index (Phi) is 3.64. The molecule has 0 aliphatic heterocycles. The molecule has 0 heterocycles. The molecule has 7 heteroatoms. The predicted molar refractivity (Wildman–Crippen MR) is 54.1 cm³/mol. The van der Waals surface area contributed by atoms with E-state index in [9.17, 15) is 18.0 Å². The number of hydrogen-bond donors (Lipinski definition) is 2. The first-order valence-electron chi connectivity index (χ1n) is 4.20. The normalized spacial score (nSPS) is 11.2. The van der Waals surface area contributed by atoms with E-state index in [-0.39, 0.29) is 10.7 Å². The van der Waals surface area contributed by atoms with E-state index >= 15 is 0 Å². The van der Waals surface area contributed by atoms with Crippen molar-refractivity contribution in [2.45, 2.75) is 6.18 Å². The summed E-state index contributed by atoms with van der Waals surface area (Å²) in [4.78, 5) is 10.5. The molecular weight excluding hydrogens is 245 g/mol. The second kappa shape index (κ2) is 4.61. The number of carbonyl (C=O) groups is 1. The number of nitrogens with one attached hydrogen (secondary N) is 1. The first-order chi connectivity index (χ1) is 7.32. The van der Waals surface area contributed by atoms with Gasteiger partial charge in [-0.3, -0.25) is 4.79 Å². The maximum atomic E-state index is 12.5. The Hall–Kier alpha value is -1.43. The molecule has 88 valence electrons. The molecule has 1 amide bonds. The Bertz CT molecular complexity index is 406. The molecule has 1 rings (SSSR count). The van der Waals surface area contributed by atoms with E-state index in [1.54, 1.807) is 0 Å². The maximum absolute atomic E-state index is 12.5. The average molecular weight is 253 g/mol. The molecule has 1 aromatic rings. The van der Waals surface area contributed by atoms with Crippen molar-refractivity contribution >= 4 is 23.2 Å². The van der Waals surface area contributed by atoms with Crippen molar-refractivity contribution in [1.29, 1.82) is 0 Å². The summed E-state index contributed by atoms with van der Waals surface area (Å²) < 4.78 is 37.6. The molecule has 0 aliphatic carbocycles. The van der Waals surface area contributed by atoms with Crippen LogP contribution in [0.25, 0.3) is 0 Å². The summed E-state index contributed by atoms with van der Waals surface area (Å²) in [7, 11) is 0. The predicted octanol–water partition coefficient (Wildman–Crippen LogP) is 2.26. The first kappa shape index (κ1) is 12.6. The van der Waals surface area contributed by atoms with Crippen LogP contribution in [-0.4, -0.2) is 12.5 Å². The maximum Gasteiger partial charge on any atom is 0.418 e. The minimum atomic E-state index is -4.54. The van der Waals surface area contributed by atoms with Gasteiger partial charge in [-0.2, -0.15) is 13.2 Å². The number of hydrogen-bond acceptors (Lipinski definition) is 2. The van der Waals surface area contributed by atoms with E-state index in [0.717, 1.165) is 6.07 Å². The van der Waals surface area contributed by atoms with Crippen LogP contribution in [-0.2, 0) is 11.0 Å². The summed E-state index contributed by atoms with van der Waals surface area (Å²) in [5.41, 5.74) is 3.56. The number of benzene rings is 1. The van der Waals surface area contributed by atoms with Crippen LogP contribution in [0.4, 0.5) is 18.9 Å². The van der Waals surface area contributed by atoms with Crippen molar-refractivity contribution in [3.63, 3.8) is 0 Å². The molecular formula is C9H8ClF3N2O. The van der Waals surface area contributed by atoms with E-state index in [2.05, 4.69) is 5.32 Å². The monoisotopic (exact) mass is 252 g/mol. The fraction of sp³-hybridized carbons (Fsp3) is 0.222. The highest BCUT2D eigenvalue weighted by Crippen LogP contribution is 2.38. The summed E-state index contributed by atoms with van der Waals surface area (Å²) in [5, 5.41) is 2.15. The van der Waals surface area contributed by atoms with Gasteiger partial charge in [-0.05, 0) is 12.1 Å². The van der Waals surface area contributed by atoms with Crippen LogP contribution in [0.3, 0.4) is 0 Å². The highest BCUT2D eigenvalue weighted by atomic mass is 35.5. The van der Waals surface area contributed by atoms with Crippen LogP contribution in [0.2, 0.25) is 5.02 Å². The number of primary amides is 1. The standard InChI is InChI=1S/C9H8ClF3N2O/c10-6-3-1-2-5(9(11,12)13)8(6)15-4-7(14)16/h1-3,15H,4H2,(H2,14,16). The fourth-order valence-electron chi connectivity index (χ4n) is 1.12. The van der Waals surface area contributed by atoms with E-state index in [1.807, 2.05) is 0 Å². The van der Waals surface area contributed by atoms with E-state index in [1.165, 1.54) is 12.1 Å². The van der Waals surface area contributed by atoms with Crippen molar-refractivity contribution in [1.82, 2.24) is 0 Å². The zero-order chi connectivity index (χ0) is 12.3. The number of carbonyl (C=O) groups excluding carboxylic acids is 1. The Morgan fingerprint density at radius 1 is 1.44 bits per heavy atom. The van der Waals surface area contributed by atoms with Gasteiger partial charge in [-0.25, -0.2) is 0 Å². The molecule has 0 bridgehead atoms. The lowest BCUT2D eigenvalue weighted by atomic mass is 10.1. The third-order valence-corrected chi connectivity index (χ3v) is 2.07. The molecule has 0 saturated heterocycles. The lowest BCUT2D eigenvalue weighted by molar-refractivity contribution is -0.137. The summed E-state index contributed by atoms with van der Waals surface area (Å²) in [5.74, 6) is -0.770. The van der Waals surface area contributed by atoms with Crippen LogP contribution in [0.1, 0.15) is 5.56 Å². The summed E-state index contributed by atoms with van der Waals surface area (Å²) in [6.07, 6.45) is -4.54. The van der Waals surface area contributed by atoms with Gasteiger partial charge in [0.15, 0.2) is 0 Å². The largest absolute Gasteiger partial charge is 0.418 e. The minimum absolute atomic E-state index is 0.115. The third-order valence-electron chi connectivity index (χ3n) is 1.76. The lowest BCUT2D eigenvalue weighted by Crippen LogP contribution is -2.23. The molecule has 0 spiro atoms. The molecule has 3 nitrogen and oxygen atoms in total. The summed E-state index contributed by atoms with van der Waals surface area (Å²) >= 11 is 5.60. The Labute approximate surface area is 94.4 Å². The van der Waals surface area contributed by atoms with Gasteiger partial charge in [0.1, 0.15) is 0 Å². The van der Waals surface area contributed by atoms with Crippen LogP contribution in [0.5, 0.6) is 0 Å². The molecule has 0 aliphatic rings. The zero-order valence-electron chi connectivity index (χ0n) is 7.94.